The number of carboxylic acids is 1. The Morgan fingerprint density at radius 1 is 1.40 bits per heavy atom. The quantitative estimate of drug-likeness (QED) is 0.846. The van der Waals surface area contributed by atoms with Gasteiger partial charge in [0.05, 0.1) is 11.5 Å². The van der Waals surface area contributed by atoms with Crippen LogP contribution in [0.25, 0.3) is 0 Å². The van der Waals surface area contributed by atoms with E-state index in [0.29, 0.717) is 18.8 Å². The number of hydrogen-bond acceptors (Lipinski definition) is 4. The minimum absolute atomic E-state index is 0.0636. The summed E-state index contributed by atoms with van der Waals surface area (Å²) in [5.74, 6) is -0.851. The Morgan fingerprint density at radius 2 is 2.10 bits per heavy atom. The first-order valence-corrected chi connectivity index (χ1v) is 7.80. The van der Waals surface area contributed by atoms with Crippen LogP contribution in [0.5, 0.6) is 5.75 Å². The third-order valence-corrected chi connectivity index (χ3v) is 4.62. The largest absolute Gasteiger partial charge is 0.493 e. The normalized spacial score (nSPS) is 15.8. The predicted octanol–water partition coefficient (Wildman–Crippen LogP) is 1.01. The van der Waals surface area contributed by atoms with Crippen molar-refractivity contribution in [1.29, 1.82) is 0 Å². The van der Waals surface area contributed by atoms with Gasteiger partial charge in [-0.1, -0.05) is 13.8 Å². The molecule has 1 heterocycles. The van der Waals surface area contributed by atoms with Crippen LogP contribution in [-0.4, -0.2) is 32.1 Å². The van der Waals surface area contributed by atoms with Gasteiger partial charge in [-0.2, -0.15) is 4.72 Å². The van der Waals surface area contributed by atoms with Crippen molar-refractivity contribution in [3.63, 3.8) is 0 Å². The van der Waals surface area contributed by atoms with Gasteiger partial charge in [-0.3, -0.25) is 4.79 Å². The molecule has 0 aromatic heterocycles. The highest BCUT2D eigenvalue weighted by molar-refractivity contribution is 7.89. The lowest BCUT2D eigenvalue weighted by Gasteiger charge is -2.18. The summed E-state index contributed by atoms with van der Waals surface area (Å²) in [6.45, 7) is 3.84. The molecule has 110 valence electrons. The number of carbonyl (C=O) groups is 1. The van der Waals surface area contributed by atoms with Crippen molar-refractivity contribution in [2.75, 3.05) is 6.61 Å². The minimum Gasteiger partial charge on any atom is -0.493 e. The molecule has 0 fully saturated rings. The van der Waals surface area contributed by atoms with Gasteiger partial charge in [0.1, 0.15) is 11.8 Å². The van der Waals surface area contributed by atoms with Crippen LogP contribution in [0, 0.1) is 5.92 Å². The first-order valence-electron chi connectivity index (χ1n) is 6.32. The highest BCUT2D eigenvalue weighted by Crippen LogP contribution is 2.27. The second kappa shape index (κ2) is 5.41. The monoisotopic (exact) mass is 299 g/mol. The van der Waals surface area contributed by atoms with Crippen LogP contribution in [0.1, 0.15) is 19.4 Å². The topological polar surface area (TPSA) is 92.7 Å². The maximum Gasteiger partial charge on any atom is 0.322 e. The number of aliphatic carboxylic acids is 1. The van der Waals surface area contributed by atoms with Gasteiger partial charge >= 0.3 is 5.97 Å². The lowest BCUT2D eigenvalue weighted by molar-refractivity contribution is -0.140. The summed E-state index contributed by atoms with van der Waals surface area (Å²) in [6.07, 6.45) is 0.658. The van der Waals surface area contributed by atoms with E-state index < -0.39 is 22.0 Å². The van der Waals surface area contributed by atoms with Crippen molar-refractivity contribution in [1.82, 2.24) is 4.72 Å². The Bertz CT molecular complexity index is 624. The number of fused-ring (bicyclic) bond motifs is 1. The van der Waals surface area contributed by atoms with Crippen LogP contribution < -0.4 is 9.46 Å². The number of sulfonamides is 1. The van der Waals surface area contributed by atoms with Crippen LogP contribution in [0.2, 0.25) is 0 Å². The molecule has 0 bridgehead atoms. The van der Waals surface area contributed by atoms with E-state index in [4.69, 9.17) is 9.84 Å². The van der Waals surface area contributed by atoms with Gasteiger partial charge in [0, 0.05) is 6.42 Å². The van der Waals surface area contributed by atoms with Gasteiger partial charge in [-0.05, 0) is 29.7 Å². The zero-order valence-electron chi connectivity index (χ0n) is 11.3. The molecule has 7 heteroatoms. The summed E-state index contributed by atoms with van der Waals surface area (Å²) in [5.41, 5.74) is 0.823. The molecule has 0 amide bonds. The fraction of sp³-hybridized carbons (Fsp3) is 0.462. The molecule has 1 aliphatic rings. The predicted molar refractivity (Wildman–Crippen MR) is 72.2 cm³/mol. The Labute approximate surface area is 117 Å². The van der Waals surface area contributed by atoms with E-state index in [-0.39, 0.29) is 10.8 Å². The van der Waals surface area contributed by atoms with Gasteiger partial charge in [0.25, 0.3) is 0 Å². The van der Waals surface area contributed by atoms with Crippen LogP contribution in [0.15, 0.2) is 23.1 Å². The van der Waals surface area contributed by atoms with E-state index >= 15 is 0 Å². The van der Waals surface area contributed by atoms with E-state index in [1.807, 2.05) is 0 Å². The molecule has 0 radical (unpaired) electrons. The standard InChI is InChI=1S/C13H17NO5S/c1-8(2)12(13(15)16)14-20(17,18)10-3-4-11-9(7-10)5-6-19-11/h3-4,7-8,12,14H,5-6H2,1-2H3,(H,15,16)/t12-/m1/s1. The second-order valence-corrected chi connectivity index (χ2v) is 6.76. The molecule has 0 unspecified atom stereocenters. The molecular formula is C13H17NO5S. The van der Waals surface area contributed by atoms with E-state index in [2.05, 4.69) is 4.72 Å². The van der Waals surface area contributed by atoms with Crippen LogP contribution in [-0.2, 0) is 21.2 Å². The molecule has 0 saturated carbocycles. The molecule has 20 heavy (non-hydrogen) atoms. The lowest BCUT2D eigenvalue weighted by atomic mass is 10.1. The molecule has 1 aromatic carbocycles. The Balaban J connectivity index is 2.28. The molecule has 1 atom stereocenters. The first kappa shape index (κ1) is 14.8. The number of nitrogens with one attached hydrogen (secondary N) is 1. The number of ether oxygens (including phenoxy) is 1. The third-order valence-electron chi connectivity index (χ3n) is 3.19. The number of benzene rings is 1. The van der Waals surface area contributed by atoms with Crippen molar-refractivity contribution in [3.05, 3.63) is 23.8 Å². The zero-order chi connectivity index (χ0) is 14.9. The average Bonchev–Trinajstić information content (AvgIpc) is 2.82. The highest BCUT2D eigenvalue weighted by Gasteiger charge is 2.28. The van der Waals surface area contributed by atoms with Crippen LogP contribution in [0.4, 0.5) is 0 Å². The van der Waals surface area contributed by atoms with E-state index in [0.717, 1.165) is 5.56 Å². The number of carboxylic acid groups (broad SMARTS) is 1. The van der Waals surface area contributed by atoms with Gasteiger partial charge in [0.15, 0.2) is 0 Å². The summed E-state index contributed by atoms with van der Waals surface area (Å²) in [4.78, 5) is 11.2. The molecule has 0 saturated heterocycles. The molecule has 0 aliphatic carbocycles. The van der Waals surface area contributed by atoms with E-state index in [9.17, 15) is 13.2 Å². The maximum absolute atomic E-state index is 12.2. The Kier molecular flexibility index (Phi) is 4.01. The average molecular weight is 299 g/mol. The molecule has 6 nitrogen and oxygen atoms in total. The lowest BCUT2D eigenvalue weighted by Crippen LogP contribution is -2.44. The molecule has 2 N–H and O–H groups in total. The molecule has 1 aliphatic heterocycles. The fourth-order valence-corrected chi connectivity index (χ4v) is 3.42. The minimum atomic E-state index is -3.86. The maximum atomic E-state index is 12.2. The number of hydrogen-bond donors (Lipinski definition) is 2. The van der Waals surface area contributed by atoms with Gasteiger partial charge < -0.3 is 9.84 Å². The SMILES string of the molecule is CC(C)[C@@H](NS(=O)(=O)c1ccc2c(c1)CCO2)C(=O)O. The Hall–Kier alpha value is -1.60. The van der Waals surface area contributed by atoms with E-state index in [1.165, 1.54) is 12.1 Å². The number of rotatable bonds is 5. The van der Waals surface area contributed by atoms with Gasteiger partial charge in [-0.15, -0.1) is 0 Å². The van der Waals surface area contributed by atoms with Crippen LogP contribution >= 0.6 is 0 Å². The fourth-order valence-electron chi connectivity index (χ4n) is 2.04. The molecule has 1 aromatic rings. The first-order chi connectivity index (χ1) is 9.31. The summed E-state index contributed by atoms with van der Waals surface area (Å²) in [7, 11) is -3.86. The zero-order valence-corrected chi connectivity index (χ0v) is 12.1. The van der Waals surface area contributed by atoms with Crippen molar-refractivity contribution < 1.29 is 23.1 Å². The summed E-state index contributed by atoms with van der Waals surface area (Å²) < 4.78 is 32.0. The second-order valence-electron chi connectivity index (χ2n) is 5.05. The Morgan fingerprint density at radius 3 is 2.70 bits per heavy atom. The van der Waals surface area contributed by atoms with Crippen molar-refractivity contribution in [2.45, 2.75) is 31.2 Å². The van der Waals surface area contributed by atoms with E-state index in [1.54, 1.807) is 19.9 Å². The summed E-state index contributed by atoms with van der Waals surface area (Å²) in [5, 5.41) is 9.06. The van der Waals surface area contributed by atoms with Gasteiger partial charge in [0.2, 0.25) is 10.0 Å². The molecular weight excluding hydrogens is 282 g/mol. The summed E-state index contributed by atoms with van der Waals surface area (Å²) in [6, 6.07) is 3.40. The van der Waals surface area contributed by atoms with Crippen molar-refractivity contribution >= 4 is 16.0 Å². The smallest absolute Gasteiger partial charge is 0.322 e. The highest BCUT2D eigenvalue weighted by atomic mass is 32.2. The molecule has 0 spiro atoms. The molecule has 2 rings (SSSR count). The van der Waals surface area contributed by atoms with Crippen LogP contribution in [0.3, 0.4) is 0 Å². The summed E-state index contributed by atoms with van der Waals surface area (Å²) >= 11 is 0. The third kappa shape index (κ3) is 2.94. The van der Waals surface area contributed by atoms with Crippen molar-refractivity contribution in [3.8, 4) is 5.75 Å². The van der Waals surface area contributed by atoms with Gasteiger partial charge in [-0.25, -0.2) is 8.42 Å². The van der Waals surface area contributed by atoms with Crippen molar-refractivity contribution in [2.24, 2.45) is 5.92 Å².